The van der Waals surface area contributed by atoms with Gasteiger partial charge in [-0.3, -0.25) is 4.57 Å². The van der Waals surface area contributed by atoms with Gasteiger partial charge in [-0.1, -0.05) is 6.92 Å². The summed E-state index contributed by atoms with van der Waals surface area (Å²) < 4.78 is 7.66. The number of fused-ring (bicyclic) bond motifs is 1. The summed E-state index contributed by atoms with van der Waals surface area (Å²) in [7, 11) is 2.03. The molecule has 0 radical (unpaired) electrons. The maximum Gasteiger partial charge on any atom is 0.167 e. The lowest BCUT2D eigenvalue weighted by molar-refractivity contribution is -0.0425. The van der Waals surface area contributed by atoms with Gasteiger partial charge in [-0.15, -0.1) is 0 Å². The van der Waals surface area contributed by atoms with Crippen LogP contribution in [-0.2, 0) is 4.74 Å². The molecule has 2 aromatic rings. The van der Waals surface area contributed by atoms with Gasteiger partial charge in [-0.2, -0.15) is 0 Å². The van der Waals surface area contributed by atoms with Crippen LogP contribution >= 0.6 is 0 Å². The monoisotopic (exact) mass is 419 g/mol. The Morgan fingerprint density at radius 1 is 1.13 bits per heavy atom. The van der Waals surface area contributed by atoms with Gasteiger partial charge in [0.2, 0.25) is 0 Å². The number of likely N-dealkylation sites (N-methyl/N-ethyl adjacent to an activating group) is 1. The fourth-order valence-electron chi connectivity index (χ4n) is 4.15. The van der Waals surface area contributed by atoms with E-state index in [1.165, 1.54) is 32.0 Å². The minimum absolute atomic E-state index is 0.269. The van der Waals surface area contributed by atoms with Crippen LogP contribution in [0.2, 0.25) is 0 Å². The molecule has 2 fully saturated rings. The molecular formula is C20H33N7O3. The molecule has 1 aliphatic heterocycles. The molecule has 1 saturated heterocycles. The van der Waals surface area contributed by atoms with Crippen molar-refractivity contribution < 1.29 is 14.9 Å². The third kappa shape index (κ3) is 4.57. The molecule has 166 valence electrons. The lowest BCUT2D eigenvalue weighted by Gasteiger charge is -2.27. The number of aliphatic hydroxyl groups is 2. The van der Waals surface area contributed by atoms with E-state index in [0.717, 1.165) is 32.0 Å². The van der Waals surface area contributed by atoms with E-state index in [9.17, 15) is 10.2 Å². The average molecular weight is 420 g/mol. The molecule has 10 nitrogen and oxygen atoms in total. The maximum absolute atomic E-state index is 10.6. The van der Waals surface area contributed by atoms with E-state index in [0.29, 0.717) is 17.7 Å². The van der Waals surface area contributed by atoms with Gasteiger partial charge in [0.1, 0.15) is 30.2 Å². The Bertz CT molecular complexity index is 843. The Morgan fingerprint density at radius 3 is 2.67 bits per heavy atom. The molecule has 1 aliphatic carbocycles. The van der Waals surface area contributed by atoms with Crippen molar-refractivity contribution in [1.29, 1.82) is 0 Å². The second-order valence-corrected chi connectivity index (χ2v) is 8.64. The predicted octanol–water partition coefficient (Wildman–Crippen LogP) is 0.0815. The molecule has 2 aliphatic rings. The van der Waals surface area contributed by atoms with Crippen LogP contribution in [0.4, 0.5) is 5.82 Å². The summed E-state index contributed by atoms with van der Waals surface area (Å²) in [5.74, 6) is 1.14. The van der Waals surface area contributed by atoms with E-state index in [1.807, 2.05) is 7.05 Å². The van der Waals surface area contributed by atoms with Crippen molar-refractivity contribution in [3.63, 3.8) is 0 Å². The number of aliphatic hydroxyl groups excluding tert-OH is 2. The summed E-state index contributed by atoms with van der Waals surface area (Å²) in [6.07, 6.45) is 3.38. The number of nitrogens with two attached hydrogens (primary N) is 1. The maximum atomic E-state index is 10.6. The van der Waals surface area contributed by atoms with E-state index in [-0.39, 0.29) is 5.82 Å². The van der Waals surface area contributed by atoms with Crippen LogP contribution in [0, 0.1) is 5.92 Å². The van der Waals surface area contributed by atoms with Crippen LogP contribution in [0.5, 0.6) is 0 Å². The smallest absolute Gasteiger partial charge is 0.167 e. The summed E-state index contributed by atoms with van der Waals surface area (Å²) in [5, 5.41) is 21.2. The second-order valence-electron chi connectivity index (χ2n) is 8.64. The van der Waals surface area contributed by atoms with E-state index < -0.39 is 24.5 Å². The van der Waals surface area contributed by atoms with Gasteiger partial charge in [0.15, 0.2) is 17.7 Å². The number of rotatable bonds is 10. The molecule has 10 heteroatoms. The molecule has 0 amide bonds. The Hall–Kier alpha value is -1.85. The summed E-state index contributed by atoms with van der Waals surface area (Å²) in [6.45, 7) is 6.93. The zero-order valence-corrected chi connectivity index (χ0v) is 17.8. The Balaban J connectivity index is 1.36. The number of aromatic nitrogens is 4. The highest BCUT2D eigenvalue weighted by Crippen LogP contribution is 2.32. The molecule has 4 N–H and O–H groups in total. The molecule has 4 atom stereocenters. The van der Waals surface area contributed by atoms with Gasteiger partial charge < -0.3 is 30.5 Å². The molecule has 0 aromatic carbocycles. The first-order valence-electron chi connectivity index (χ1n) is 10.8. The third-order valence-electron chi connectivity index (χ3n) is 6.04. The number of ether oxygens (including phenoxy) is 1. The zero-order valence-electron chi connectivity index (χ0n) is 17.8. The van der Waals surface area contributed by atoms with Crippen LogP contribution in [0.1, 0.15) is 32.4 Å². The van der Waals surface area contributed by atoms with E-state index in [4.69, 9.17) is 10.5 Å². The first-order valence-corrected chi connectivity index (χ1v) is 10.8. The number of nitrogen functional groups attached to an aromatic ring is 1. The highest BCUT2D eigenvalue weighted by atomic mass is 16.6. The van der Waals surface area contributed by atoms with Gasteiger partial charge in [-0.25, -0.2) is 15.0 Å². The molecule has 4 rings (SSSR count). The van der Waals surface area contributed by atoms with E-state index >= 15 is 0 Å². The average Bonchev–Trinajstić information content (AvgIpc) is 3.37. The van der Waals surface area contributed by atoms with Gasteiger partial charge in [0.25, 0.3) is 0 Å². The number of hydrogen-bond acceptors (Lipinski definition) is 9. The van der Waals surface area contributed by atoms with Crippen LogP contribution < -0.4 is 5.73 Å². The normalized spacial score (nSPS) is 27.0. The third-order valence-corrected chi connectivity index (χ3v) is 6.04. The molecule has 0 bridgehead atoms. The van der Waals surface area contributed by atoms with E-state index in [2.05, 4.69) is 31.7 Å². The van der Waals surface area contributed by atoms with Crippen molar-refractivity contribution >= 4 is 17.0 Å². The molecule has 1 saturated carbocycles. The van der Waals surface area contributed by atoms with Gasteiger partial charge in [0, 0.05) is 26.2 Å². The van der Waals surface area contributed by atoms with Crippen LogP contribution in [0.15, 0.2) is 12.7 Å². The fourth-order valence-corrected chi connectivity index (χ4v) is 4.15. The highest BCUT2D eigenvalue weighted by molar-refractivity contribution is 5.81. The molecular weight excluding hydrogens is 386 g/mol. The molecule has 30 heavy (non-hydrogen) atoms. The minimum Gasteiger partial charge on any atom is -0.387 e. The van der Waals surface area contributed by atoms with Crippen molar-refractivity contribution in [3.05, 3.63) is 12.7 Å². The topological polar surface area (TPSA) is 126 Å². The minimum atomic E-state index is -1.08. The largest absolute Gasteiger partial charge is 0.387 e. The highest BCUT2D eigenvalue weighted by Gasteiger charge is 2.44. The molecule has 0 spiro atoms. The second kappa shape index (κ2) is 9.11. The summed E-state index contributed by atoms with van der Waals surface area (Å²) >= 11 is 0. The zero-order chi connectivity index (χ0) is 21.3. The quantitative estimate of drug-likeness (QED) is 0.491. The van der Waals surface area contributed by atoms with Crippen molar-refractivity contribution in [2.24, 2.45) is 5.92 Å². The van der Waals surface area contributed by atoms with Crippen molar-refractivity contribution in [3.8, 4) is 0 Å². The predicted molar refractivity (Wildman–Crippen MR) is 113 cm³/mol. The van der Waals surface area contributed by atoms with Crippen LogP contribution in [0.3, 0.4) is 0 Å². The van der Waals surface area contributed by atoms with Crippen LogP contribution in [-0.4, -0.2) is 97.6 Å². The van der Waals surface area contributed by atoms with Crippen molar-refractivity contribution in [1.82, 2.24) is 29.3 Å². The molecule has 2 aromatic heterocycles. The Labute approximate surface area is 176 Å². The summed E-state index contributed by atoms with van der Waals surface area (Å²) in [4.78, 5) is 17.1. The number of hydrogen-bond donors (Lipinski definition) is 3. The van der Waals surface area contributed by atoms with Gasteiger partial charge in [-0.05, 0) is 38.8 Å². The van der Waals surface area contributed by atoms with Gasteiger partial charge >= 0.3 is 0 Å². The lowest BCUT2D eigenvalue weighted by Crippen LogP contribution is -2.41. The standard InChI is InChI=1S/C20H33N7O3/c1-3-6-26(9-13-4-5-13)8-7-25(2)10-14-16(28)17(29)20(30-14)27-12-24-15-18(21)22-11-23-19(15)27/h11-14,16-17,20,28-29H,3-10H2,1-2H3,(H2,21,22,23)/t14-,16-,17-,20-/m1/s1. The Kier molecular flexibility index (Phi) is 6.49. The number of imidazole rings is 1. The number of anilines is 1. The SMILES string of the molecule is CCCN(CCN(C)C[C@H]1O[C@@H](n2cnc3c(N)ncnc32)[C@H](O)[C@@H]1O)CC1CC1. The summed E-state index contributed by atoms with van der Waals surface area (Å²) in [6, 6.07) is 0. The summed E-state index contributed by atoms with van der Waals surface area (Å²) in [5.41, 5.74) is 6.77. The number of nitrogens with zero attached hydrogens (tertiary/aromatic N) is 6. The van der Waals surface area contributed by atoms with Gasteiger partial charge in [0.05, 0.1) is 6.33 Å². The molecule has 0 unspecified atom stereocenters. The van der Waals surface area contributed by atoms with E-state index in [1.54, 1.807) is 4.57 Å². The van der Waals surface area contributed by atoms with Crippen molar-refractivity contribution in [2.45, 2.75) is 50.7 Å². The first-order chi connectivity index (χ1) is 14.5. The fraction of sp³-hybridized carbons (Fsp3) is 0.750. The molecule has 3 heterocycles. The van der Waals surface area contributed by atoms with Crippen molar-refractivity contribution in [2.75, 3.05) is 45.5 Å². The first kappa shape index (κ1) is 21.4. The van der Waals surface area contributed by atoms with Crippen LogP contribution in [0.25, 0.3) is 11.2 Å². The Morgan fingerprint density at radius 2 is 1.93 bits per heavy atom. The lowest BCUT2D eigenvalue weighted by atomic mass is 10.1.